The highest BCUT2D eigenvalue weighted by Gasteiger charge is 2.21. The highest BCUT2D eigenvalue weighted by atomic mass is 16.3. The molecule has 0 aliphatic heterocycles. The molecular formula is C48H30O. The van der Waals surface area contributed by atoms with Crippen molar-refractivity contribution in [1.82, 2.24) is 0 Å². The van der Waals surface area contributed by atoms with E-state index in [-0.39, 0.29) is 21.9 Å². The van der Waals surface area contributed by atoms with Crippen LogP contribution < -0.4 is 0 Å². The van der Waals surface area contributed by atoms with E-state index in [0.717, 1.165) is 49.4 Å². The van der Waals surface area contributed by atoms with Crippen LogP contribution in [-0.2, 0) is 0 Å². The molecule has 49 heavy (non-hydrogen) atoms. The SMILES string of the molecule is [2H]c1c([2H])c([2H])c(-c2c([2H])c(-c3c4ccccc4c(-c4cccc5oc6cc(-c7ccccc7)ccc6c45)c4ccccc34)c3c([2H])c([2H])c([2H])c([2H])c3c2[2H])c([2H])c1[2H]. The largest absolute Gasteiger partial charge is 0.456 e. The monoisotopic (exact) mass is 633 g/mol. The van der Waals surface area contributed by atoms with E-state index in [1.165, 1.54) is 0 Å². The average molecular weight is 634 g/mol. The smallest absolute Gasteiger partial charge is 0.136 e. The summed E-state index contributed by atoms with van der Waals surface area (Å²) < 4.78 is 104. The molecule has 9 aromatic carbocycles. The van der Waals surface area contributed by atoms with Gasteiger partial charge in [0, 0.05) is 10.8 Å². The molecule has 228 valence electrons. The van der Waals surface area contributed by atoms with E-state index in [0.29, 0.717) is 21.9 Å². The molecule has 1 heterocycles. The molecule has 0 N–H and O–H groups in total. The Morgan fingerprint density at radius 2 is 1.04 bits per heavy atom. The van der Waals surface area contributed by atoms with Crippen LogP contribution in [0.4, 0.5) is 0 Å². The van der Waals surface area contributed by atoms with Crippen molar-refractivity contribution >= 4 is 54.3 Å². The molecular weight excluding hydrogens is 593 g/mol. The summed E-state index contributed by atoms with van der Waals surface area (Å²) in [6, 6.07) is 31.1. The van der Waals surface area contributed by atoms with Crippen LogP contribution in [0.15, 0.2) is 186 Å². The molecule has 0 saturated carbocycles. The van der Waals surface area contributed by atoms with Gasteiger partial charge in [-0.25, -0.2) is 0 Å². The third kappa shape index (κ3) is 4.40. The van der Waals surface area contributed by atoms with Gasteiger partial charge in [-0.3, -0.25) is 0 Å². The Bertz CT molecular complexity index is 3420. The first-order chi connectivity index (χ1) is 28.9. The van der Waals surface area contributed by atoms with Crippen molar-refractivity contribution in [2.24, 2.45) is 0 Å². The molecule has 0 amide bonds. The van der Waals surface area contributed by atoms with Crippen molar-refractivity contribution in [2.75, 3.05) is 0 Å². The Balaban J connectivity index is 1.37. The van der Waals surface area contributed by atoms with Gasteiger partial charge in [0.05, 0.1) is 15.1 Å². The standard InChI is InChI=1S/C48H30O/c1-3-14-31(15-4-1)33-26-27-41-45(30-33)49-44-25-13-24-42(48(41)44)46-37-20-9-11-22-39(37)47(40-23-12-10-21-38(40)46)43-29-35(32-16-5-2-6-17-32)28-34-18-7-8-19-36(34)43/h1-30H/i2D,5D,6D,7D,8D,16D,17D,18D,19D,28D,29D. The van der Waals surface area contributed by atoms with Crippen molar-refractivity contribution in [3.8, 4) is 44.5 Å². The summed E-state index contributed by atoms with van der Waals surface area (Å²) in [4.78, 5) is 0. The molecule has 0 aliphatic rings. The molecule has 1 heteroatoms. The molecule has 0 saturated heterocycles. The average Bonchev–Trinajstić information content (AvgIpc) is 3.65. The zero-order valence-corrected chi connectivity index (χ0v) is 25.9. The van der Waals surface area contributed by atoms with Gasteiger partial charge in [0.1, 0.15) is 11.2 Å². The molecule has 0 radical (unpaired) electrons. The molecule has 1 aromatic heterocycles. The molecule has 10 aromatic rings. The highest BCUT2D eigenvalue weighted by Crippen LogP contribution is 2.48. The molecule has 0 aliphatic carbocycles. The number of benzene rings is 9. The van der Waals surface area contributed by atoms with Gasteiger partial charge in [-0.1, -0.05) is 151 Å². The minimum atomic E-state index is -0.654. The van der Waals surface area contributed by atoms with E-state index < -0.39 is 72.0 Å². The van der Waals surface area contributed by atoms with E-state index in [1.807, 2.05) is 91.0 Å². The van der Waals surface area contributed by atoms with Crippen LogP contribution in [0.3, 0.4) is 0 Å². The van der Waals surface area contributed by atoms with Gasteiger partial charge in [0.2, 0.25) is 0 Å². The van der Waals surface area contributed by atoms with Crippen molar-refractivity contribution in [3.63, 3.8) is 0 Å². The second-order valence-electron chi connectivity index (χ2n) is 11.9. The van der Waals surface area contributed by atoms with Crippen molar-refractivity contribution in [2.45, 2.75) is 0 Å². The van der Waals surface area contributed by atoms with Crippen LogP contribution in [0.5, 0.6) is 0 Å². The number of hydrogen-bond acceptors (Lipinski definition) is 1. The van der Waals surface area contributed by atoms with Gasteiger partial charge in [-0.2, -0.15) is 0 Å². The van der Waals surface area contributed by atoms with E-state index in [4.69, 9.17) is 15.4 Å². The third-order valence-electron chi connectivity index (χ3n) is 9.24. The van der Waals surface area contributed by atoms with E-state index in [2.05, 4.69) is 24.3 Å². The Labute approximate surface area is 299 Å². The number of hydrogen-bond donors (Lipinski definition) is 0. The lowest BCUT2D eigenvalue weighted by atomic mass is 9.83. The molecule has 1 nitrogen and oxygen atoms in total. The molecule has 0 unspecified atom stereocenters. The molecule has 0 bridgehead atoms. The minimum absolute atomic E-state index is 0.0502. The quantitative estimate of drug-likeness (QED) is 0.176. The first-order valence-corrected chi connectivity index (χ1v) is 16.0. The van der Waals surface area contributed by atoms with Crippen LogP contribution in [0.2, 0.25) is 0 Å². The Morgan fingerprint density at radius 1 is 0.388 bits per heavy atom. The predicted octanol–water partition coefficient (Wildman–Crippen LogP) is 13.7. The van der Waals surface area contributed by atoms with Gasteiger partial charge >= 0.3 is 0 Å². The van der Waals surface area contributed by atoms with Gasteiger partial charge < -0.3 is 4.42 Å². The summed E-state index contributed by atoms with van der Waals surface area (Å²) in [6.45, 7) is 0. The Hall–Kier alpha value is -6.44. The van der Waals surface area contributed by atoms with E-state index in [9.17, 15) is 4.11 Å². The fraction of sp³-hybridized carbons (Fsp3) is 0. The van der Waals surface area contributed by atoms with Gasteiger partial charge in [-0.05, 0) is 107 Å². The lowest BCUT2D eigenvalue weighted by Crippen LogP contribution is -1.93. The number of furan rings is 1. The van der Waals surface area contributed by atoms with Gasteiger partial charge in [-0.15, -0.1) is 0 Å². The summed E-state index contributed by atoms with van der Waals surface area (Å²) in [5.41, 5.74) is 5.00. The van der Waals surface area contributed by atoms with Crippen LogP contribution >= 0.6 is 0 Å². The molecule has 0 spiro atoms. The van der Waals surface area contributed by atoms with Gasteiger partial charge in [0.15, 0.2) is 0 Å². The van der Waals surface area contributed by atoms with Crippen molar-refractivity contribution in [3.05, 3.63) is 182 Å². The maximum Gasteiger partial charge on any atom is 0.136 e. The van der Waals surface area contributed by atoms with Crippen LogP contribution in [0, 0.1) is 0 Å². The van der Waals surface area contributed by atoms with Gasteiger partial charge in [0.25, 0.3) is 0 Å². The molecule has 0 fully saturated rings. The molecule has 0 atom stereocenters. The number of rotatable bonds is 4. The van der Waals surface area contributed by atoms with Crippen LogP contribution in [0.25, 0.3) is 98.8 Å². The maximum absolute atomic E-state index is 9.93. The van der Waals surface area contributed by atoms with E-state index in [1.54, 1.807) is 0 Å². The summed E-state index contributed by atoms with van der Waals surface area (Å²) >= 11 is 0. The van der Waals surface area contributed by atoms with Crippen LogP contribution in [-0.4, -0.2) is 0 Å². The maximum atomic E-state index is 9.93. The van der Waals surface area contributed by atoms with E-state index >= 15 is 0 Å². The topological polar surface area (TPSA) is 13.1 Å². The van der Waals surface area contributed by atoms with Crippen LogP contribution in [0.1, 0.15) is 15.1 Å². The zero-order valence-electron chi connectivity index (χ0n) is 36.9. The fourth-order valence-corrected chi connectivity index (χ4v) is 7.16. The Morgan fingerprint density at radius 3 is 1.78 bits per heavy atom. The van der Waals surface area contributed by atoms with Crippen molar-refractivity contribution in [1.29, 1.82) is 0 Å². The Kier molecular flexibility index (Phi) is 4.25. The lowest BCUT2D eigenvalue weighted by molar-refractivity contribution is 0.669. The summed E-state index contributed by atoms with van der Waals surface area (Å²) in [5.74, 6) is 0. The minimum Gasteiger partial charge on any atom is -0.456 e. The second kappa shape index (κ2) is 11.1. The summed E-state index contributed by atoms with van der Waals surface area (Å²) in [7, 11) is 0. The fourth-order valence-electron chi connectivity index (χ4n) is 7.16. The summed E-state index contributed by atoms with van der Waals surface area (Å²) in [6.07, 6.45) is 0. The normalized spacial score (nSPS) is 14.8. The van der Waals surface area contributed by atoms with Crippen molar-refractivity contribution < 1.29 is 19.5 Å². The first-order valence-electron chi connectivity index (χ1n) is 21.5. The molecule has 10 rings (SSSR count). The zero-order chi connectivity index (χ0) is 41.9. The second-order valence-corrected chi connectivity index (χ2v) is 11.9. The first kappa shape index (κ1) is 18.8. The predicted molar refractivity (Wildman–Crippen MR) is 208 cm³/mol. The number of fused-ring (bicyclic) bond motifs is 6. The lowest BCUT2D eigenvalue weighted by Gasteiger charge is -2.20. The highest BCUT2D eigenvalue weighted by molar-refractivity contribution is 6.27. The summed E-state index contributed by atoms with van der Waals surface area (Å²) in [5, 5.41) is 4.31. The third-order valence-corrected chi connectivity index (χ3v) is 9.24.